The number of ether oxygens (including phenoxy) is 1. The number of carbonyl (C=O) groups is 3. The molecule has 2 heterocycles. The van der Waals surface area contributed by atoms with Crippen LogP contribution >= 0.6 is 11.3 Å². The number of aromatic nitrogens is 2. The fourth-order valence-electron chi connectivity index (χ4n) is 2.56. The summed E-state index contributed by atoms with van der Waals surface area (Å²) in [4.78, 5) is 46.8. The molecular weight excluding hydrogens is 402 g/mol. The third-order valence-electron chi connectivity index (χ3n) is 3.86. The standard InChI is InChI=1S/C17H21N5O6S/c1-8(2)28-17(25)13-9(3)14(15(18)24)29-16(13)19-12(23)5-6-21-7-11(22(26)27)10(4)20-21/h7-8H,5-6H2,1-4H3,(H2,18,24)(H,19,23). The molecule has 12 heteroatoms. The topological polar surface area (TPSA) is 159 Å². The minimum absolute atomic E-state index is 0.0558. The van der Waals surface area contributed by atoms with E-state index in [0.717, 1.165) is 11.3 Å². The van der Waals surface area contributed by atoms with E-state index in [0.29, 0.717) is 5.56 Å². The molecule has 0 radical (unpaired) electrons. The van der Waals surface area contributed by atoms with E-state index in [9.17, 15) is 24.5 Å². The summed E-state index contributed by atoms with van der Waals surface area (Å²) in [6.45, 7) is 6.51. The highest BCUT2D eigenvalue weighted by Crippen LogP contribution is 2.33. The van der Waals surface area contributed by atoms with Crippen LogP contribution in [0.2, 0.25) is 0 Å². The number of rotatable bonds is 8. The quantitative estimate of drug-likeness (QED) is 0.374. The van der Waals surface area contributed by atoms with Gasteiger partial charge in [0.05, 0.1) is 21.5 Å². The Hall–Kier alpha value is -3.28. The molecule has 0 fully saturated rings. The van der Waals surface area contributed by atoms with E-state index in [1.807, 2.05) is 0 Å². The van der Waals surface area contributed by atoms with Gasteiger partial charge in [0, 0.05) is 13.0 Å². The zero-order valence-electron chi connectivity index (χ0n) is 16.3. The maximum Gasteiger partial charge on any atom is 0.341 e. The monoisotopic (exact) mass is 423 g/mol. The van der Waals surface area contributed by atoms with Crippen molar-refractivity contribution in [2.45, 2.75) is 46.8 Å². The van der Waals surface area contributed by atoms with Crippen LogP contribution in [0, 0.1) is 24.0 Å². The Labute approximate surface area is 170 Å². The first kappa shape index (κ1) is 22.0. The Morgan fingerprint density at radius 2 is 2.03 bits per heavy atom. The first-order chi connectivity index (χ1) is 13.5. The van der Waals surface area contributed by atoms with E-state index in [1.54, 1.807) is 20.8 Å². The lowest BCUT2D eigenvalue weighted by Gasteiger charge is -2.10. The molecule has 0 aliphatic rings. The van der Waals surface area contributed by atoms with Crippen LogP contribution < -0.4 is 11.1 Å². The molecule has 156 valence electrons. The number of nitrogens with two attached hydrogens (primary N) is 1. The molecule has 0 spiro atoms. The maximum absolute atomic E-state index is 12.4. The van der Waals surface area contributed by atoms with Crippen molar-refractivity contribution >= 4 is 39.8 Å². The van der Waals surface area contributed by atoms with Gasteiger partial charge in [-0.1, -0.05) is 0 Å². The Morgan fingerprint density at radius 1 is 1.38 bits per heavy atom. The number of anilines is 1. The number of aryl methyl sites for hydroxylation is 2. The number of carbonyl (C=O) groups excluding carboxylic acids is 3. The highest BCUT2D eigenvalue weighted by Gasteiger charge is 2.26. The SMILES string of the molecule is Cc1nn(CCC(=O)Nc2sc(C(N)=O)c(C)c2C(=O)OC(C)C)cc1[N+](=O)[O-]. The Morgan fingerprint density at radius 3 is 2.55 bits per heavy atom. The van der Waals surface area contributed by atoms with Gasteiger partial charge in [0.2, 0.25) is 5.91 Å². The maximum atomic E-state index is 12.4. The van der Waals surface area contributed by atoms with Crippen LogP contribution in [0.1, 0.15) is 51.6 Å². The summed E-state index contributed by atoms with van der Waals surface area (Å²) in [7, 11) is 0. The summed E-state index contributed by atoms with van der Waals surface area (Å²) in [5.74, 6) is -1.85. The summed E-state index contributed by atoms with van der Waals surface area (Å²) in [6, 6.07) is 0. The predicted octanol–water partition coefficient (Wildman–Crippen LogP) is 2.16. The molecule has 0 unspecified atom stereocenters. The molecule has 29 heavy (non-hydrogen) atoms. The highest BCUT2D eigenvalue weighted by atomic mass is 32.1. The van der Waals surface area contributed by atoms with E-state index < -0.39 is 22.7 Å². The average molecular weight is 423 g/mol. The Kier molecular flexibility index (Phi) is 6.69. The zero-order valence-corrected chi connectivity index (χ0v) is 17.2. The van der Waals surface area contributed by atoms with Crippen molar-refractivity contribution in [2.75, 3.05) is 5.32 Å². The fraction of sp³-hybridized carbons (Fsp3) is 0.412. The first-order valence-electron chi connectivity index (χ1n) is 8.63. The summed E-state index contributed by atoms with van der Waals surface area (Å²) in [5.41, 5.74) is 5.87. The van der Waals surface area contributed by atoms with Crippen molar-refractivity contribution in [2.24, 2.45) is 5.73 Å². The van der Waals surface area contributed by atoms with Gasteiger partial charge in [-0.15, -0.1) is 11.3 Å². The number of primary amides is 1. The molecule has 0 aliphatic carbocycles. The molecule has 2 amide bonds. The second-order valence-electron chi connectivity index (χ2n) is 6.50. The number of hydrogen-bond donors (Lipinski definition) is 2. The lowest BCUT2D eigenvalue weighted by Crippen LogP contribution is -2.18. The largest absolute Gasteiger partial charge is 0.459 e. The van der Waals surface area contributed by atoms with Gasteiger partial charge < -0.3 is 15.8 Å². The minimum Gasteiger partial charge on any atom is -0.459 e. The van der Waals surface area contributed by atoms with E-state index in [4.69, 9.17) is 10.5 Å². The van der Waals surface area contributed by atoms with Gasteiger partial charge >= 0.3 is 11.7 Å². The van der Waals surface area contributed by atoms with E-state index in [2.05, 4.69) is 10.4 Å². The third-order valence-corrected chi connectivity index (χ3v) is 5.08. The molecule has 2 aromatic rings. The summed E-state index contributed by atoms with van der Waals surface area (Å²) in [6.07, 6.45) is 0.801. The molecule has 3 N–H and O–H groups in total. The van der Waals surface area contributed by atoms with Gasteiger partial charge in [0.15, 0.2) is 0 Å². The second-order valence-corrected chi connectivity index (χ2v) is 7.52. The molecule has 0 aromatic carbocycles. The number of thiophene rings is 1. The van der Waals surface area contributed by atoms with Crippen molar-refractivity contribution in [3.63, 3.8) is 0 Å². The van der Waals surface area contributed by atoms with Crippen molar-refractivity contribution in [3.05, 3.63) is 38.0 Å². The van der Waals surface area contributed by atoms with Gasteiger partial charge in [-0.25, -0.2) is 4.79 Å². The summed E-state index contributed by atoms with van der Waals surface area (Å²) >= 11 is 0.891. The van der Waals surface area contributed by atoms with Crippen LogP contribution in [0.4, 0.5) is 10.7 Å². The lowest BCUT2D eigenvalue weighted by molar-refractivity contribution is -0.385. The number of amides is 2. The van der Waals surface area contributed by atoms with Crippen LogP contribution in [-0.4, -0.2) is 38.6 Å². The van der Waals surface area contributed by atoms with E-state index in [-0.39, 0.29) is 45.9 Å². The molecule has 2 aromatic heterocycles. The second kappa shape index (κ2) is 8.82. The minimum atomic E-state index is -0.717. The predicted molar refractivity (Wildman–Crippen MR) is 105 cm³/mol. The summed E-state index contributed by atoms with van der Waals surface area (Å²) in [5, 5.41) is 17.6. The van der Waals surface area contributed by atoms with E-state index >= 15 is 0 Å². The van der Waals surface area contributed by atoms with E-state index in [1.165, 1.54) is 17.8 Å². The molecule has 11 nitrogen and oxygen atoms in total. The normalized spacial score (nSPS) is 10.8. The Bertz CT molecular complexity index is 977. The number of esters is 1. The van der Waals surface area contributed by atoms with Crippen LogP contribution in [-0.2, 0) is 16.1 Å². The smallest absolute Gasteiger partial charge is 0.341 e. The van der Waals surface area contributed by atoms with Gasteiger partial charge in [0.1, 0.15) is 16.9 Å². The molecule has 0 bridgehead atoms. The van der Waals surface area contributed by atoms with Crippen molar-refractivity contribution in [1.82, 2.24) is 9.78 Å². The van der Waals surface area contributed by atoms with Crippen LogP contribution in [0.5, 0.6) is 0 Å². The van der Waals surface area contributed by atoms with Gasteiger partial charge in [0.25, 0.3) is 5.91 Å². The number of nitro groups is 1. The fourth-order valence-corrected chi connectivity index (χ4v) is 3.62. The van der Waals surface area contributed by atoms with Gasteiger partial charge in [-0.2, -0.15) is 5.10 Å². The van der Waals surface area contributed by atoms with Gasteiger partial charge in [-0.3, -0.25) is 24.4 Å². The number of nitrogens with zero attached hydrogens (tertiary/aromatic N) is 3. The van der Waals surface area contributed by atoms with Crippen molar-refractivity contribution in [1.29, 1.82) is 0 Å². The molecule has 0 saturated heterocycles. The molecular formula is C17H21N5O6S. The van der Waals surface area contributed by atoms with Gasteiger partial charge in [-0.05, 0) is 33.3 Å². The highest BCUT2D eigenvalue weighted by molar-refractivity contribution is 7.18. The third kappa shape index (κ3) is 5.16. The Balaban J connectivity index is 2.17. The molecule has 0 aliphatic heterocycles. The van der Waals surface area contributed by atoms with Crippen molar-refractivity contribution in [3.8, 4) is 0 Å². The molecule has 0 saturated carbocycles. The van der Waals surface area contributed by atoms with Crippen LogP contribution in [0.15, 0.2) is 6.20 Å². The molecule has 0 atom stereocenters. The lowest BCUT2D eigenvalue weighted by atomic mass is 10.1. The molecule has 2 rings (SSSR count). The number of hydrogen-bond acceptors (Lipinski definition) is 8. The number of nitrogens with one attached hydrogen (secondary N) is 1. The van der Waals surface area contributed by atoms with Crippen LogP contribution in [0.3, 0.4) is 0 Å². The van der Waals surface area contributed by atoms with Crippen molar-refractivity contribution < 1.29 is 24.0 Å². The van der Waals surface area contributed by atoms with Crippen LogP contribution in [0.25, 0.3) is 0 Å². The summed E-state index contributed by atoms with van der Waals surface area (Å²) < 4.78 is 6.49. The first-order valence-corrected chi connectivity index (χ1v) is 9.45. The zero-order chi connectivity index (χ0) is 21.9. The average Bonchev–Trinajstić information content (AvgIpc) is 3.12.